The fourth-order valence-electron chi connectivity index (χ4n) is 1.53. The van der Waals surface area contributed by atoms with Crippen LogP contribution in [0.3, 0.4) is 0 Å². The topological polar surface area (TPSA) is 46.9 Å². The number of aryl methyl sites for hydroxylation is 1. The van der Waals surface area contributed by atoms with Crippen molar-refractivity contribution in [1.82, 2.24) is 14.9 Å². The van der Waals surface area contributed by atoms with Gasteiger partial charge in [-0.1, -0.05) is 0 Å². The lowest BCUT2D eigenvalue weighted by Crippen LogP contribution is -2.29. The number of nitrogens with one attached hydrogen (secondary N) is 1. The monoisotopic (exact) mass is 285 g/mol. The van der Waals surface area contributed by atoms with E-state index in [0.29, 0.717) is 11.0 Å². The normalized spacial score (nSPS) is 15.4. The van der Waals surface area contributed by atoms with Gasteiger partial charge in [-0.15, -0.1) is 0 Å². The highest BCUT2D eigenvalue weighted by atomic mass is 79.9. The maximum Gasteiger partial charge on any atom is 0.267 e. The zero-order valence-electron chi connectivity index (χ0n) is 9.37. The first-order valence-electron chi connectivity index (χ1n) is 5.60. The summed E-state index contributed by atoms with van der Waals surface area (Å²) in [5.41, 5.74) is 0.743. The Morgan fingerprint density at radius 2 is 2.38 bits per heavy atom. The molecule has 1 aliphatic carbocycles. The van der Waals surface area contributed by atoms with Crippen LogP contribution in [0.1, 0.15) is 18.5 Å². The second kappa shape index (κ2) is 5.10. The Kier molecular flexibility index (Phi) is 3.76. The first-order valence-corrected chi connectivity index (χ1v) is 6.40. The summed E-state index contributed by atoms with van der Waals surface area (Å²) in [7, 11) is 0. The summed E-state index contributed by atoms with van der Waals surface area (Å²) in [6, 6.07) is 0. The summed E-state index contributed by atoms with van der Waals surface area (Å²) in [6.07, 6.45) is 4.32. The summed E-state index contributed by atoms with van der Waals surface area (Å²) in [4.78, 5) is 15.9. The highest BCUT2D eigenvalue weighted by Crippen LogP contribution is 2.27. The van der Waals surface area contributed by atoms with E-state index in [4.69, 9.17) is 0 Å². The standard InChI is InChI=1S/C11H16BrN3O/c1-8-10(12)11(16)15(7-14-8)5-4-13-6-9-2-3-9/h7,9,13H,2-6H2,1H3. The Hall–Kier alpha value is -0.680. The summed E-state index contributed by atoms with van der Waals surface area (Å²) in [5, 5.41) is 3.35. The lowest BCUT2D eigenvalue weighted by molar-refractivity contribution is 0.559. The smallest absolute Gasteiger partial charge is 0.267 e. The number of rotatable bonds is 5. The predicted octanol–water partition coefficient (Wildman–Crippen LogP) is 1.31. The molecule has 1 N–H and O–H groups in total. The molecule has 1 aromatic rings. The number of hydrogen-bond donors (Lipinski definition) is 1. The van der Waals surface area contributed by atoms with Crippen LogP contribution >= 0.6 is 15.9 Å². The van der Waals surface area contributed by atoms with Crippen molar-refractivity contribution in [3.63, 3.8) is 0 Å². The molecule has 1 aromatic heterocycles. The van der Waals surface area contributed by atoms with Gasteiger partial charge in [-0.3, -0.25) is 9.36 Å². The molecule has 1 aliphatic rings. The fraction of sp³-hybridized carbons (Fsp3) is 0.636. The maximum atomic E-state index is 11.8. The molecule has 4 nitrogen and oxygen atoms in total. The second-order valence-corrected chi connectivity index (χ2v) is 5.08. The van der Waals surface area contributed by atoms with Crippen molar-refractivity contribution in [2.45, 2.75) is 26.3 Å². The Morgan fingerprint density at radius 3 is 3.06 bits per heavy atom. The lowest BCUT2D eigenvalue weighted by atomic mass is 10.4. The molecule has 0 bridgehead atoms. The highest BCUT2D eigenvalue weighted by molar-refractivity contribution is 9.10. The Bertz CT molecular complexity index is 426. The minimum Gasteiger partial charge on any atom is -0.315 e. The predicted molar refractivity (Wildman–Crippen MR) is 66.5 cm³/mol. The first-order chi connectivity index (χ1) is 7.68. The van der Waals surface area contributed by atoms with Crippen LogP contribution in [-0.2, 0) is 6.54 Å². The Balaban J connectivity index is 1.88. The van der Waals surface area contributed by atoms with Crippen LogP contribution < -0.4 is 10.9 Å². The van der Waals surface area contributed by atoms with Crippen molar-refractivity contribution < 1.29 is 0 Å². The van der Waals surface area contributed by atoms with Crippen molar-refractivity contribution in [2.24, 2.45) is 5.92 Å². The molecule has 0 atom stereocenters. The number of halogens is 1. The molecule has 0 saturated heterocycles. The van der Waals surface area contributed by atoms with E-state index >= 15 is 0 Å². The van der Waals surface area contributed by atoms with Crippen molar-refractivity contribution >= 4 is 15.9 Å². The minimum absolute atomic E-state index is 0.000668. The molecule has 0 aromatic carbocycles. The molecule has 0 unspecified atom stereocenters. The van der Waals surface area contributed by atoms with Crippen LogP contribution in [0, 0.1) is 12.8 Å². The third-order valence-corrected chi connectivity index (χ3v) is 3.73. The molecule has 1 heterocycles. The highest BCUT2D eigenvalue weighted by Gasteiger charge is 2.19. The Labute approximate surface area is 103 Å². The van der Waals surface area contributed by atoms with E-state index in [9.17, 15) is 4.79 Å². The molecule has 0 radical (unpaired) electrons. The SMILES string of the molecule is Cc1ncn(CCNCC2CC2)c(=O)c1Br. The molecular weight excluding hydrogens is 270 g/mol. The van der Waals surface area contributed by atoms with E-state index < -0.39 is 0 Å². The van der Waals surface area contributed by atoms with Gasteiger partial charge >= 0.3 is 0 Å². The van der Waals surface area contributed by atoms with Crippen LogP contribution in [-0.4, -0.2) is 22.6 Å². The molecule has 16 heavy (non-hydrogen) atoms. The summed E-state index contributed by atoms with van der Waals surface area (Å²) >= 11 is 3.26. The summed E-state index contributed by atoms with van der Waals surface area (Å²) in [5.74, 6) is 0.875. The molecule has 1 fully saturated rings. The Morgan fingerprint density at radius 1 is 1.62 bits per heavy atom. The minimum atomic E-state index is 0.000668. The number of aromatic nitrogens is 2. The largest absolute Gasteiger partial charge is 0.315 e. The fourth-order valence-corrected chi connectivity index (χ4v) is 1.86. The van der Waals surface area contributed by atoms with Crippen LogP contribution in [0.2, 0.25) is 0 Å². The van der Waals surface area contributed by atoms with Gasteiger partial charge in [0.15, 0.2) is 0 Å². The first kappa shape index (κ1) is 11.8. The van der Waals surface area contributed by atoms with E-state index in [-0.39, 0.29) is 5.56 Å². The molecule has 0 spiro atoms. The number of hydrogen-bond acceptors (Lipinski definition) is 3. The molecule has 0 aliphatic heterocycles. The van der Waals surface area contributed by atoms with Crippen LogP contribution in [0.5, 0.6) is 0 Å². The number of nitrogens with zero attached hydrogens (tertiary/aromatic N) is 2. The van der Waals surface area contributed by atoms with E-state index in [1.165, 1.54) is 12.8 Å². The van der Waals surface area contributed by atoms with Gasteiger partial charge < -0.3 is 5.32 Å². The van der Waals surface area contributed by atoms with Gasteiger partial charge in [0, 0.05) is 13.1 Å². The van der Waals surface area contributed by atoms with Crippen molar-refractivity contribution in [3.8, 4) is 0 Å². The average Bonchev–Trinajstić information content (AvgIpc) is 3.08. The quantitative estimate of drug-likeness (QED) is 0.830. The average molecular weight is 286 g/mol. The molecule has 2 rings (SSSR count). The van der Waals surface area contributed by atoms with E-state index in [1.54, 1.807) is 10.9 Å². The van der Waals surface area contributed by atoms with Gasteiger partial charge in [-0.05, 0) is 48.2 Å². The third kappa shape index (κ3) is 2.92. The van der Waals surface area contributed by atoms with Crippen LogP contribution in [0.15, 0.2) is 15.6 Å². The molecule has 0 amide bonds. The lowest BCUT2D eigenvalue weighted by Gasteiger charge is -2.07. The van der Waals surface area contributed by atoms with Crippen molar-refractivity contribution in [2.75, 3.05) is 13.1 Å². The van der Waals surface area contributed by atoms with Crippen molar-refractivity contribution in [3.05, 3.63) is 26.8 Å². The molecule has 1 saturated carbocycles. The molecule has 5 heteroatoms. The van der Waals surface area contributed by atoms with E-state index in [0.717, 1.165) is 24.7 Å². The van der Waals surface area contributed by atoms with Crippen LogP contribution in [0.25, 0.3) is 0 Å². The van der Waals surface area contributed by atoms with Gasteiger partial charge in [-0.25, -0.2) is 4.98 Å². The zero-order valence-corrected chi connectivity index (χ0v) is 11.0. The summed E-state index contributed by atoms with van der Waals surface area (Å²) in [6.45, 7) is 4.40. The molecular formula is C11H16BrN3O. The second-order valence-electron chi connectivity index (χ2n) is 4.29. The third-order valence-electron chi connectivity index (χ3n) is 2.82. The van der Waals surface area contributed by atoms with E-state index in [1.807, 2.05) is 6.92 Å². The van der Waals surface area contributed by atoms with Gasteiger partial charge in [0.05, 0.1) is 12.0 Å². The maximum absolute atomic E-state index is 11.8. The van der Waals surface area contributed by atoms with Gasteiger partial charge in [0.25, 0.3) is 5.56 Å². The zero-order chi connectivity index (χ0) is 11.5. The van der Waals surface area contributed by atoms with Gasteiger partial charge in [0.1, 0.15) is 4.47 Å². The molecule has 88 valence electrons. The van der Waals surface area contributed by atoms with E-state index in [2.05, 4.69) is 26.2 Å². The summed E-state index contributed by atoms with van der Waals surface area (Å²) < 4.78 is 2.20. The van der Waals surface area contributed by atoms with Crippen LogP contribution in [0.4, 0.5) is 0 Å². The van der Waals surface area contributed by atoms with Gasteiger partial charge in [0.2, 0.25) is 0 Å². The van der Waals surface area contributed by atoms with Crippen molar-refractivity contribution in [1.29, 1.82) is 0 Å². The van der Waals surface area contributed by atoms with Gasteiger partial charge in [-0.2, -0.15) is 0 Å².